The highest BCUT2D eigenvalue weighted by Gasteiger charge is 2.15. The van der Waals surface area contributed by atoms with Crippen molar-refractivity contribution in [2.45, 2.75) is 0 Å². The first-order valence-corrected chi connectivity index (χ1v) is 3.96. The molecule has 1 aliphatic heterocycles. The van der Waals surface area contributed by atoms with Gasteiger partial charge in [-0.1, -0.05) is 18.2 Å². The van der Waals surface area contributed by atoms with Crippen molar-refractivity contribution in [2.24, 2.45) is 0 Å². The fourth-order valence-electron chi connectivity index (χ4n) is 0.988. The molecule has 1 fully saturated rings. The van der Waals surface area contributed by atoms with Gasteiger partial charge >= 0.3 is 0 Å². The third-order valence-corrected chi connectivity index (χ3v) is 1.82. The molecule has 1 saturated heterocycles. The molecule has 0 atom stereocenters. The topological polar surface area (TPSA) is 15.0 Å². The maximum absolute atomic E-state index is 3.33. The molecule has 2 rings (SSSR count). The summed E-state index contributed by atoms with van der Waals surface area (Å²) < 4.78 is 0. The van der Waals surface area contributed by atoms with Gasteiger partial charge in [-0.3, -0.25) is 4.90 Å². The van der Waals surface area contributed by atoms with E-state index in [0.29, 0.717) is 0 Å². The van der Waals surface area contributed by atoms with Crippen LogP contribution in [0.25, 0.3) is 0 Å². The highest BCUT2D eigenvalue weighted by molar-refractivity contribution is 5.42. The lowest BCUT2D eigenvalue weighted by molar-refractivity contribution is 0.604. The third-order valence-electron chi connectivity index (χ3n) is 1.82. The average molecular weight is 148 g/mol. The van der Waals surface area contributed by atoms with Gasteiger partial charge in [-0.05, 0) is 12.1 Å². The molecule has 1 aliphatic rings. The van der Waals surface area contributed by atoms with E-state index in [0.717, 1.165) is 6.67 Å². The highest BCUT2D eigenvalue weighted by atomic mass is 15.3. The molecule has 1 heterocycles. The van der Waals surface area contributed by atoms with Crippen molar-refractivity contribution in [3.8, 4) is 0 Å². The zero-order valence-electron chi connectivity index (χ0n) is 6.46. The second-order valence-electron chi connectivity index (χ2n) is 2.82. The van der Waals surface area contributed by atoms with Gasteiger partial charge < -0.3 is 5.32 Å². The van der Waals surface area contributed by atoms with Gasteiger partial charge in [0.15, 0.2) is 0 Å². The summed E-state index contributed by atoms with van der Waals surface area (Å²) >= 11 is 0. The molecule has 0 unspecified atom stereocenters. The summed E-state index contributed by atoms with van der Waals surface area (Å²) in [5.74, 6) is 0. The van der Waals surface area contributed by atoms with Crippen LogP contribution in [0.15, 0.2) is 30.3 Å². The normalized spacial score (nSPS) is 16.4. The van der Waals surface area contributed by atoms with E-state index >= 15 is 0 Å². The SMILES string of the molecule is c1ccc(NCN2CC2)cc1. The van der Waals surface area contributed by atoms with Crippen LogP contribution in [0, 0.1) is 0 Å². The molecule has 0 amide bonds. The lowest BCUT2D eigenvalue weighted by Gasteiger charge is -2.04. The van der Waals surface area contributed by atoms with Crippen molar-refractivity contribution < 1.29 is 0 Å². The van der Waals surface area contributed by atoms with Gasteiger partial charge in [0.2, 0.25) is 0 Å². The number of rotatable bonds is 3. The van der Waals surface area contributed by atoms with Crippen LogP contribution in [0.3, 0.4) is 0 Å². The van der Waals surface area contributed by atoms with Gasteiger partial charge in [0.05, 0.1) is 6.67 Å². The van der Waals surface area contributed by atoms with Crippen LogP contribution in [-0.4, -0.2) is 24.7 Å². The standard InChI is InChI=1S/C9H12N2/c1-2-4-9(5-3-1)10-8-11-6-7-11/h1-5,10H,6-8H2. The molecule has 2 heteroatoms. The second kappa shape index (κ2) is 2.93. The Bertz CT molecular complexity index is 216. The summed E-state index contributed by atoms with van der Waals surface area (Å²) in [7, 11) is 0. The van der Waals surface area contributed by atoms with Crippen LogP contribution in [0.2, 0.25) is 0 Å². The van der Waals surface area contributed by atoms with Gasteiger partial charge in [-0.2, -0.15) is 0 Å². The Balaban J connectivity index is 1.85. The fraction of sp³-hybridized carbons (Fsp3) is 0.333. The van der Waals surface area contributed by atoms with E-state index in [2.05, 4.69) is 22.3 Å². The summed E-state index contributed by atoms with van der Waals surface area (Å²) in [5, 5.41) is 3.33. The lowest BCUT2D eigenvalue weighted by Crippen LogP contribution is -2.09. The Hall–Kier alpha value is -1.02. The average Bonchev–Trinajstić information content (AvgIpc) is 2.86. The van der Waals surface area contributed by atoms with E-state index < -0.39 is 0 Å². The predicted octanol–water partition coefficient (Wildman–Crippen LogP) is 1.37. The van der Waals surface area contributed by atoms with Gasteiger partial charge in [-0.15, -0.1) is 0 Å². The number of para-hydroxylation sites is 1. The third kappa shape index (κ3) is 1.95. The Morgan fingerprint density at radius 1 is 1.18 bits per heavy atom. The summed E-state index contributed by atoms with van der Waals surface area (Å²) in [6.07, 6.45) is 0. The molecule has 0 spiro atoms. The van der Waals surface area contributed by atoms with Crippen LogP contribution in [0.4, 0.5) is 5.69 Å². The second-order valence-corrected chi connectivity index (χ2v) is 2.82. The van der Waals surface area contributed by atoms with E-state index in [1.54, 1.807) is 0 Å². The van der Waals surface area contributed by atoms with Gasteiger partial charge in [0, 0.05) is 18.8 Å². The summed E-state index contributed by atoms with van der Waals surface area (Å²) in [5.41, 5.74) is 1.21. The molecule has 0 aliphatic carbocycles. The van der Waals surface area contributed by atoms with Gasteiger partial charge in [-0.25, -0.2) is 0 Å². The van der Waals surface area contributed by atoms with Crippen LogP contribution in [0.5, 0.6) is 0 Å². The quantitative estimate of drug-likeness (QED) is 0.651. The Labute approximate surface area is 66.8 Å². The van der Waals surface area contributed by atoms with Gasteiger partial charge in [0.25, 0.3) is 0 Å². The van der Waals surface area contributed by atoms with Crippen LogP contribution < -0.4 is 5.32 Å². The molecule has 1 aromatic rings. The first kappa shape index (κ1) is 6.68. The monoisotopic (exact) mass is 148 g/mol. The van der Waals surface area contributed by atoms with Crippen molar-refractivity contribution in [3.05, 3.63) is 30.3 Å². The minimum absolute atomic E-state index is 0.990. The summed E-state index contributed by atoms with van der Waals surface area (Å²) in [6, 6.07) is 10.3. The molecule has 0 aromatic heterocycles. The fourth-order valence-corrected chi connectivity index (χ4v) is 0.988. The zero-order valence-corrected chi connectivity index (χ0v) is 6.46. The largest absolute Gasteiger partial charge is 0.372 e. The Morgan fingerprint density at radius 3 is 2.55 bits per heavy atom. The van der Waals surface area contributed by atoms with Crippen molar-refractivity contribution >= 4 is 5.69 Å². The maximum Gasteiger partial charge on any atom is 0.0679 e. The Morgan fingerprint density at radius 2 is 1.91 bits per heavy atom. The number of nitrogens with zero attached hydrogens (tertiary/aromatic N) is 1. The molecule has 11 heavy (non-hydrogen) atoms. The highest BCUT2D eigenvalue weighted by Crippen LogP contribution is 2.07. The van der Waals surface area contributed by atoms with E-state index in [-0.39, 0.29) is 0 Å². The first-order chi connectivity index (χ1) is 5.45. The molecular formula is C9H12N2. The molecular weight excluding hydrogens is 136 g/mol. The van der Waals surface area contributed by atoms with Crippen molar-refractivity contribution in [1.82, 2.24) is 4.90 Å². The Kier molecular flexibility index (Phi) is 1.78. The number of anilines is 1. The molecule has 0 bridgehead atoms. The van der Waals surface area contributed by atoms with Crippen LogP contribution in [-0.2, 0) is 0 Å². The number of benzene rings is 1. The van der Waals surface area contributed by atoms with E-state index in [4.69, 9.17) is 0 Å². The summed E-state index contributed by atoms with van der Waals surface area (Å²) in [4.78, 5) is 2.34. The van der Waals surface area contributed by atoms with Crippen molar-refractivity contribution in [3.63, 3.8) is 0 Å². The van der Waals surface area contributed by atoms with E-state index in [9.17, 15) is 0 Å². The predicted molar refractivity (Wildman–Crippen MR) is 46.5 cm³/mol. The number of nitrogens with one attached hydrogen (secondary N) is 1. The number of hydrogen-bond donors (Lipinski definition) is 1. The molecule has 0 radical (unpaired) electrons. The van der Waals surface area contributed by atoms with Crippen LogP contribution >= 0.6 is 0 Å². The van der Waals surface area contributed by atoms with E-state index in [1.165, 1.54) is 18.8 Å². The molecule has 1 N–H and O–H groups in total. The van der Waals surface area contributed by atoms with E-state index in [1.807, 2.05) is 18.2 Å². The molecule has 1 aromatic carbocycles. The van der Waals surface area contributed by atoms with Crippen molar-refractivity contribution in [2.75, 3.05) is 25.1 Å². The molecule has 58 valence electrons. The maximum atomic E-state index is 3.33. The lowest BCUT2D eigenvalue weighted by atomic mass is 10.3. The minimum Gasteiger partial charge on any atom is -0.372 e. The van der Waals surface area contributed by atoms with Gasteiger partial charge in [0.1, 0.15) is 0 Å². The summed E-state index contributed by atoms with van der Waals surface area (Å²) in [6.45, 7) is 3.49. The zero-order chi connectivity index (χ0) is 7.52. The molecule has 0 saturated carbocycles. The first-order valence-electron chi connectivity index (χ1n) is 3.96. The van der Waals surface area contributed by atoms with Crippen molar-refractivity contribution in [1.29, 1.82) is 0 Å². The minimum atomic E-state index is 0.990. The smallest absolute Gasteiger partial charge is 0.0679 e. The van der Waals surface area contributed by atoms with Crippen LogP contribution in [0.1, 0.15) is 0 Å². The molecule has 2 nitrogen and oxygen atoms in total. The number of hydrogen-bond acceptors (Lipinski definition) is 2.